The summed E-state index contributed by atoms with van der Waals surface area (Å²) in [6.45, 7) is 4.89. The molecule has 1 rings (SSSR count). The molecule has 0 bridgehead atoms. The Kier molecular flexibility index (Phi) is 6.58. The fourth-order valence-electron chi connectivity index (χ4n) is 1.62. The summed E-state index contributed by atoms with van der Waals surface area (Å²) in [6, 6.07) is 9.80. The van der Waals surface area contributed by atoms with Gasteiger partial charge in [0.2, 0.25) is 0 Å². The standard InChI is InChI=1S/C14H20N2O2/c1-2-9-15-14(18)16(11-12-17)10-8-13-6-4-3-5-7-13/h2-7,17H,1,8-12H2,(H,15,18). The molecule has 2 amide bonds. The molecule has 4 nitrogen and oxygen atoms in total. The fraction of sp³-hybridized carbons (Fsp3) is 0.357. The van der Waals surface area contributed by atoms with Gasteiger partial charge in [-0.15, -0.1) is 6.58 Å². The lowest BCUT2D eigenvalue weighted by Crippen LogP contribution is -2.42. The molecule has 0 aliphatic rings. The second-order valence-corrected chi connectivity index (χ2v) is 3.92. The van der Waals surface area contributed by atoms with Crippen LogP contribution in [0.5, 0.6) is 0 Å². The van der Waals surface area contributed by atoms with Crippen LogP contribution in [0.15, 0.2) is 43.0 Å². The number of amides is 2. The van der Waals surface area contributed by atoms with Crippen molar-refractivity contribution >= 4 is 6.03 Å². The lowest BCUT2D eigenvalue weighted by molar-refractivity contribution is 0.179. The van der Waals surface area contributed by atoms with Crippen LogP contribution in [0.1, 0.15) is 5.56 Å². The Morgan fingerprint density at radius 2 is 2.06 bits per heavy atom. The first-order chi connectivity index (χ1) is 8.77. The van der Waals surface area contributed by atoms with Gasteiger partial charge in [-0.1, -0.05) is 36.4 Å². The van der Waals surface area contributed by atoms with E-state index in [9.17, 15) is 4.79 Å². The van der Waals surface area contributed by atoms with Gasteiger partial charge in [-0.2, -0.15) is 0 Å². The van der Waals surface area contributed by atoms with Crippen molar-refractivity contribution in [3.8, 4) is 0 Å². The molecule has 0 heterocycles. The number of rotatable bonds is 7. The van der Waals surface area contributed by atoms with Crippen molar-refractivity contribution < 1.29 is 9.90 Å². The van der Waals surface area contributed by atoms with E-state index in [4.69, 9.17) is 5.11 Å². The van der Waals surface area contributed by atoms with Crippen LogP contribution in [0.3, 0.4) is 0 Å². The van der Waals surface area contributed by atoms with E-state index < -0.39 is 0 Å². The number of nitrogens with zero attached hydrogens (tertiary/aromatic N) is 1. The van der Waals surface area contributed by atoms with E-state index in [1.165, 1.54) is 5.56 Å². The molecule has 0 spiro atoms. The van der Waals surface area contributed by atoms with Crippen LogP contribution >= 0.6 is 0 Å². The van der Waals surface area contributed by atoms with Gasteiger partial charge in [0.05, 0.1) is 6.61 Å². The number of hydrogen-bond donors (Lipinski definition) is 2. The smallest absolute Gasteiger partial charge is 0.317 e. The molecule has 0 radical (unpaired) electrons. The van der Waals surface area contributed by atoms with E-state index in [1.807, 2.05) is 30.3 Å². The zero-order valence-electron chi connectivity index (χ0n) is 10.5. The third kappa shape index (κ3) is 5.01. The maximum Gasteiger partial charge on any atom is 0.317 e. The SMILES string of the molecule is C=CCNC(=O)N(CCO)CCc1ccccc1. The van der Waals surface area contributed by atoms with E-state index in [0.29, 0.717) is 19.6 Å². The highest BCUT2D eigenvalue weighted by Gasteiger charge is 2.11. The molecule has 1 aromatic rings. The average Bonchev–Trinajstić information content (AvgIpc) is 2.42. The van der Waals surface area contributed by atoms with E-state index in [0.717, 1.165) is 6.42 Å². The van der Waals surface area contributed by atoms with E-state index >= 15 is 0 Å². The van der Waals surface area contributed by atoms with Gasteiger partial charge in [0.15, 0.2) is 0 Å². The second kappa shape index (κ2) is 8.31. The summed E-state index contributed by atoms with van der Waals surface area (Å²) in [5.41, 5.74) is 1.18. The van der Waals surface area contributed by atoms with Crippen LogP contribution in [0.25, 0.3) is 0 Å². The van der Waals surface area contributed by atoms with Crippen molar-refractivity contribution in [1.29, 1.82) is 0 Å². The Labute approximate surface area is 108 Å². The normalized spacial score (nSPS) is 9.83. The number of hydrogen-bond acceptors (Lipinski definition) is 2. The summed E-state index contributed by atoms with van der Waals surface area (Å²) in [7, 11) is 0. The monoisotopic (exact) mass is 248 g/mol. The van der Waals surface area contributed by atoms with Crippen molar-refractivity contribution in [3.63, 3.8) is 0 Å². The van der Waals surface area contributed by atoms with Crippen LogP contribution in [0, 0.1) is 0 Å². The summed E-state index contributed by atoms with van der Waals surface area (Å²) in [6.07, 6.45) is 2.41. The Morgan fingerprint density at radius 1 is 1.33 bits per heavy atom. The summed E-state index contributed by atoms with van der Waals surface area (Å²) >= 11 is 0. The summed E-state index contributed by atoms with van der Waals surface area (Å²) in [5.74, 6) is 0. The minimum Gasteiger partial charge on any atom is -0.395 e. The highest BCUT2D eigenvalue weighted by molar-refractivity contribution is 5.74. The molecular weight excluding hydrogens is 228 g/mol. The number of aliphatic hydroxyl groups excluding tert-OH is 1. The Hall–Kier alpha value is -1.81. The number of nitrogens with one attached hydrogen (secondary N) is 1. The van der Waals surface area contributed by atoms with Crippen LogP contribution in [-0.4, -0.2) is 42.3 Å². The molecule has 0 aliphatic heterocycles. The zero-order chi connectivity index (χ0) is 13.2. The molecule has 0 aliphatic carbocycles. The van der Waals surface area contributed by atoms with E-state index in [2.05, 4.69) is 11.9 Å². The Morgan fingerprint density at radius 3 is 2.67 bits per heavy atom. The van der Waals surface area contributed by atoms with Crippen LogP contribution < -0.4 is 5.32 Å². The van der Waals surface area contributed by atoms with Crippen LogP contribution in [0.2, 0.25) is 0 Å². The summed E-state index contributed by atoms with van der Waals surface area (Å²) in [5, 5.41) is 11.7. The number of urea groups is 1. The van der Waals surface area contributed by atoms with Gasteiger partial charge >= 0.3 is 6.03 Å². The van der Waals surface area contributed by atoms with Crippen molar-refractivity contribution in [2.24, 2.45) is 0 Å². The fourth-order valence-corrected chi connectivity index (χ4v) is 1.62. The number of aliphatic hydroxyl groups is 1. The van der Waals surface area contributed by atoms with Crippen LogP contribution in [0.4, 0.5) is 4.79 Å². The first-order valence-corrected chi connectivity index (χ1v) is 6.06. The van der Waals surface area contributed by atoms with Crippen LogP contribution in [-0.2, 0) is 6.42 Å². The lowest BCUT2D eigenvalue weighted by atomic mass is 10.1. The van der Waals surface area contributed by atoms with Crippen molar-refractivity contribution in [3.05, 3.63) is 48.6 Å². The number of carbonyl (C=O) groups is 1. The van der Waals surface area contributed by atoms with Gasteiger partial charge in [-0.25, -0.2) is 4.79 Å². The third-order valence-electron chi connectivity index (χ3n) is 2.57. The first kappa shape index (κ1) is 14.3. The lowest BCUT2D eigenvalue weighted by Gasteiger charge is -2.21. The average molecular weight is 248 g/mol. The van der Waals surface area contributed by atoms with E-state index in [1.54, 1.807) is 11.0 Å². The summed E-state index contributed by atoms with van der Waals surface area (Å²) < 4.78 is 0. The Bertz CT molecular complexity index is 365. The molecule has 0 saturated carbocycles. The zero-order valence-corrected chi connectivity index (χ0v) is 10.5. The maximum absolute atomic E-state index is 11.8. The highest BCUT2D eigenvalue weighted by Crippen LogP contribution is 2.01. The Balaban J connectivity index is 2.47. The molecule has 98 valence electrons. The van der Waals surface area contributed by atoms with Gasteiger partial charge in [0.25, 0.3) is 0 Å². The molecule has 0 unspecified atom stereocenters. The molecule has 0 saturated heterocycles. The van der Waals surface area contributed by atoms with Gasteiger partial charge in [0, 0.05) is 19.6 Å². The third-order valence-corrected chi connectivity index (χ3v) is 2.57. The van der Waals surface area contributed by atoms with Gasteiger partial charge < -0.3 is 15.3 Å². The molecule has 1 aromatic carbocycles. The van der Waals surface area contributed by atoms with E-state index in [-0.39, 0.29) is 12.6 Å². The predicted molar refractivity (Wildman–Crippen MR) is 72.4 cm³/mol. The minimum absolute atomic E-state index is 0.0314. The highest BCUT2D eigenvalue weighted by atomic mass is 16.3. The maximum atomic E-state index is 11.8. The molecular formula is C14H20N2O2. The molecule has 2 N–H and O–H groups in total. The van der Waals surface area contributed by atoms with Gasteiger partial charge in [-0.05, 0) is 12.0 Å². The molecule has 18 heavy (non-hydrogen) atoms. The molecule has 0 fully saturated rings. The quantitative estimate of drug-likeness (QED) is 0.717. The molecule has 0 atom stereocenters. The number of carbonyl (C=O) groups excluding carboxylic acids is 1. The van der Waals surface area contributed by atoms with Crippen molar-refractivity contribution in [1.82, 2.24) is 10.2 Å². The van der Waals surface area contributed by atoms with Crippen molar-refractivity contribution in [2.75, 3.05) is 26.2 Å². The largest absolute Gasteiger partial charge is 0.395 e. The molecule has 0 aromatic heterocycles. The topological polar surface area (TPSA) is 52.6 Å². The van der Waals surface area contributed by atoms with Crippen molar-refractivity contribution in [2.45, 2.75) is 6.42 Å². The van der Waals surface area contributed by atoms with Gasteiger partial charge in [0.1, 0.15) is 0 Å². The minimum atomic E-state index is -0.167. The second-order valence-electron chi connectivity index (χ2n) is 3.92. The summed E-state index contributed by atoms with van der Waals surface area (Å²) in [4.78, 5) is 13.4. The van der Waals surface area contributed by atoms with Gasteiger partial charge in [-0.3, -0.25) is 0 Å². The first-order valence-electron chi connectivity index (χ1n) is 6.06. The number of benzene rings is 1. The predicted octanol–water partition coefficient (Wildman–Crippen LogP) is 1.42. The molecule has 4 heteroatoms.